The molecule has 0 spiro atoms. The topological polar surface area (TPSA) is 84.5 Å². The van der Waals surface area contributed by atoms with Gasteiger partial charge in [0.2, 0.25) is 10.0 Å². The molecular formula is C16H26N2O4S. The van der Waals surface area contributed by atoms with Gasteiger partial charge >= 0.3 is 5.97 Å². The molecule has 0 saturated carbocycles. The van der Waals surface area contributed by atoms with E-state index in [9.17, 15) is 13.2 Å². The van der Waals surface area contributed by atoms with E-state index in [4.69, 9.17) is 4.74 Å². The minimum atomic E-state index is -3.48. The molecule has 1 atom stereocenters. The Labute approximate surface area is 138 Å². The summed E-state index contributed by atoms with van der Waals surface area (Å²) in [5.41, 5.74) is 1.01. The number of aryl methyl sites for hydroxylation is 1. The normalized spacial score (nSPS) is 13.1. The summed E-state index contributed by atoms with van der Waals surface area (Å²) < 4.78 is 31.5. The van der Waals surface area contributed by atoms with Crippen LogP contribution >= 0.6 is 0 Å². The van der Waals surface area contributed by atoms with Crippen LogP contribution in [0.1, 0.15) is 25.8 Å². The maximum Gasteiger partial charge on any atom is 0.323 e. The number of hydrogen-bond donors (Lipinski definition) is 2. The summed E-state index contributed by atoms with van der Waals surface area (Å²) in [7, 11) is -2.13. The van der Waals surface area contributed by atoms with E-state index >= 15 is 0 Å². The van der Waals surface area contributed by atoms with Gasteiger partial charge in [0.1, 0.15) is 6.04 Å². The lowest BCUT2D eigenvalue weighted by Crippen LogP contribution is -2.42. The van der Waals surface area contributed by atoms with Gasteiger partial charge in [-0.1, -0.05) is 31.5 Å². The third-order valence-electron chi connectivity index (χ3n) is 3.46. The zero-order valence-electron chi connectivity index (χ0n) is 14.1. The van der Waals surface area contributed by atoms with E-state index in [2.05, 4.69) is 10.0 Å². The maximum absolute atomic E-state index is 12.1. The predicted molar refractivity (Wildman–Crippen MR) is 89.6 cm³/mol. The van der Waals surface area contributed by atoms with Crippen molar-refractivity contribution in [1.29, 1.82) is 0 Å². The van der Waals surface area contributed by atoms with Crippen LogP contribution in [0.4, 0.5) is 0 Å². The minimum Gasteiger partial charge on any atom is -0.468 e. The molecule has 1 rings (SSSR count). The van der Waals surface area contributed by atoms with Crippen LogP contribution in [0.2, 0.25) is 0 Å². The molecule has 0 saturated heterocycles. The second kappa shape index (κ2) is 9.00. The molecule has 0 fully saturated rings. The Morgan fingerprint density at radius 1 is 1.17 bits per heavy atom. The van der Waals surface area contributed by atoms with Gasteiger partial charge in [0.05, 0.1) is 12.0 Å². The first kappa shape index (κ1) is 19.6. The molecule has 0 heterocycles. The van der Waals surface area contributed by atoms with Crippen LogP contribution in [0, 0.1) is 12.8 Å². The highest BCUT2D eigenvalue weighted by Gasteiger charge is 2.21. The van der Waals surface area contributed by atoms with Gasteiger partial charge in [-0.25, -0.2) is 13.1 Å². The third kappa shape index (κ3) is 6.29. The van der Waals surface area contributed by atoms with E-state index in [-0.39, 0.29) is 22.8 Å². The first-order valence-corrected chi connectivity index (χ1v) is 9.14. The molecule has 0 bridgehead atoms. The van der Waals surface area contributed by atoms with Crippen LogP contribution in [0.5, 0.6) is 0 Å². The molecule has 2 N–H and O–H groups in total. The van der Waals surface area contributed by atoms with E-state index in [1.165, 1.54) is 7.11 Å². The monoisotopic (exact) mass is 342 g/mol. The summed E-state index contributed by atoms with van der Waals surface area (Å²) >= 11 is 0. The van der Waals surface area contributed by atoms with Crippen molar-refractivity contribution in [3.8, 4) is 0 Å². The largest absolute Gasteiger partial charge is 0.468 e. The summed E-state index contributed by atoms with van der Waals surface area (Å²) in [6, 6.07) is 6.32. The van der Waals surface area contributed by atoms with Crippen molar-refractivity contribution in [2.75, 3.05) is 20.2 Å². The van der Waals surface area contributed by atoms with Crippen molar-refractivity contribution in [3.63, 3.8) is 0 Å². The molecule has 0 aliphatic heterocycles. The number of hydrogen-bond acceptors (Lipinski definition) is 5. The van der Waals surface area contributed by atoms with E-state index in [1.54, 1.807) is 24.3 Å². The Hall–Kier alpha value is -1.44. The molecule has 0 aliphatic carbocycles. The number of esters is 1. The van der Waals surface area contributed by atoms with Crippen LogP contribution < -0.4 is 10.0 Å². The first-order valence-electron chi connectivity index (χ1n) is 7.65. The SMILES string of the molecule is COC(=O)[C@@H](NCCCNS(=O)(=O)c1ccc(C)cc1)C(C)C. The van der Waals surface area contributed by atoms with Gasteiger partial charge in [-0.05, 0) is 37.9 Å². The molecular weight excluding hydrogens is 316 g/mol. The minimum absolute atomic E-state index is 0.103. The number of carbonyl (C=O) groups is 1. The van der Waals surface area contributed by atoms with E-state index in [1.807, 2.05) is 20.8 Å². The van der Waals surface area contributed by atoms with Gasteiger partial charge in [0.15, 0.2) is 0 Å². The Kier molecular flexibility index (Phi) is 7.67. The molecule has 1 aromatic rings. The van der Waals surface area contributed by atoms with Crippen molar-refractivity contribution < 1.29 is 17.9 Å². The van der Waals surface area contributed by atoms with Crippen molar-refractivity contribution in [2.24, 2.45) is 5.92 Å². The molecule has 6 nitrogen and oxygen atoms in total. The summed E-state index contributed by atoms with van der Waals surface area (Å²) in [5.74, 6) is -0.202. The predicted octanol–water partition coefficient (Wildman–Crippen LogP) is 1.45. The number of carbonyl (C=O) groups excluding carboxylic acids is 1. The first-order chi connectivity index (χ1) is 10.8. The van der Waals surface area contributed by atoms with E-state index in [0.717, 1.165) is 5.56 Å². The molecule has 1 aromatic carbocycles. The average Bonchev–Trinajstić information content (AvgIpc) is 2.50. The number of sulfonamides is 1. The molecule has 7 heteroatoms. The molecule has 0 aromatic heterocycles. The highest BCUT2D eigenvalue weighted by molar-refractivity contribution is 7.89. The van der Waals surface area contributed by atoms with Gasteiger partial charge in [0, 0.05) is 6.54 Å². The van der Waals surface area contributed by atoms with Gasteiger partial charge < -0.3 is 10.1 Å². The van der Waals surface area contributed by atoms with Crippen molar-refractivity contribution >= 4 is 16.0 Å². The number of nitrogens with one attached hydrogen (secondary N) is 2. The summed E-state index contributed by atoms with van der Waals surface area (Å²) in [5, 5.41) is 3.09. The Morgan fingerprint density at radius 3 is 2.30 bits per heavy atom. The molecule has 0 unspecified atom stereocenters. The fourth-order valence-corrected chi connectivity index (χ4v) is 3.15. The number of benzene rings is 1. The van der Waals surface area contributed by atoms with Crippen LogP contribution in [-0.4, -0.2) is 40.6 Å². The Bertz CT molecular complexity index is 597. The lowest BCUT2D eigenvalue weighted by Gasteiger charge is -2.19. The summed E-state index contributed by atoms with van der Waals surface area (Å²) in [6.45, 7) is 6.58. The van der Waals surface area contributed by atoms with E-state index < -0.39 is 10.0 Å². The maximum atomic E-state index is 12.1. The second-order valence-corrected chi connectivity index (χ2v) is 7.53. The average molecular weight is 342 g/mol. The van der Waals surface area contributed by atoms with Crippen molar-refractivity contribution in [1.82, 2.24) is 10.0 Å². The lowest BCUT2D eigenvalue weighted by atomic mass is 10.0. The molecule has 23 heavy (non-hydrogen) atoms. The molecule has 0 amide bonds. The molecule has 0 radical (unpaired) electrons. The van der Waals surface area contributed by atoms with Gasteiger partial charge in [-0.15, -0.1) is 0 Å². The zero-order valence-corrected chi connectivity index (χ0v) is 14.9. The zero-order chi connectivity index (χ0) is 17.5. The van der Waals surface area contributed by atoms with Crippen LogP contribution in [0.3, 0.4) is 0 Å². The lowest BCUT2D eigenvalue weighted by molar-refractivity contribution is -0.144. The van der Waals surface area contributed by atoms with Crippen LogP contribution in [0.25, 0.3) is 0 Å². The highest BCUT2D eigenvalue weighted by atomic mass is 32.2. The van der Waals surface area contributed by atoms with E-state index in [0.29, 0.717) is 19.5 Å². The molecule has 0 aliphatic rings. The smallest absolute Gasteiger partial charge is 0.323 e. The standard InChI is InChI=1S/C16H26N2O4S/c1-12(2)15(16(19)22-4)17-10-5-11-18-23(20,21)14-8-6-13(3)7-9-14/h6-9,12,15,17-18H,5,10-11H2,1-4H3/t15-/m0/s1. The van der Waals surface area contributed by atoms with Crippen molar-refractivity contribution in [3.05, 3.63) is 29.8 Å². The third-order valence-corrected chi connectivity index (χ3v) is 4.94. The number of rotatable bonds is 9. The number of ether oxygens (including phenoxy) is 1. The fourth-order valence-electron chi connectivity index (χ4n) is 2.07. The fraction of sp³-hybridized carbons (Fsp3) is 0.562. The van der Waals surface area contributed by atoms with Crippen molar-refractivity contribution in [2.45, 2.75) is 38.1 Å². The van der Waals surface area contributed by atoms with Gasteiger partial charge in [-0.3, -0.25) is 4.79 Å². The van der Waals surface area contributed by atoms with Gasteiger partial charge in [0.25, 0.3) is 0 Å². The van der Waals surface area contributed by atoms with Crippen LogP contribution in [0.15, 0.2) is 29.2 Å². The van der Waals surface area contributed by atoms with Crippen LogP contribution in [-0.2, 0) is 19.6 Å². The Morgan fingerprint density at radius 2 is 1.78 bits per heavy atom. The Balaban J connectivity index is 2.42. The van der Waals surface area contributed by atoms with Gasteiger partial charge in [-0.2, -0.15) is 0 Å². The number of methoxy groups -OCH3 is 1. The molecule has 130 valence electrons. The summed E-state index contributed by atoms with van der Waals surface area (Å²) in [6.07, 6.45) is 0.575. The quantitative estimate of drug-likeness (QED) is 0.524. The summed E-state index contributed by atoms with van der Waals surface area (Å²) in [4.78, 5) is 11.8. The highest BCUT2D eigenvalue weighted by Crippen LogP contribution is 2.09. The second-order valence-electron chi connectivity index (χ2n) is 5.76.